The molecular formula is C13H14OS2. The first-order chi connectivity index (χ1) is 7.88. The van der Waals surface area contributed by atoms with Gasteiger partial charge in [-0.3, -0.25) is 0 Å². The summed E-state index contributed by atoms with van der Waals surface area (Å²) in [6, 6.07) is 6.49. The zero-order valence-corrected chi connectivity index (χ0v) is 10.9. The number of thioether (sulfide) groups is 2. The van der Waals surface area contributed by atoms with Gasteiger partial charge in [0.05, 0.1) is 7.11 Å². The molecule has 1 heterocycles. The minimum Gasteiger partial charge on any atom is -0.497 e. The van der Waals surface area contributed by atoms with E-state index in [0.29, 0.717) is 0 Å². The van der Waals surface area contributed by atoms with E-state index in [0.717, 1.165) is 5.75 Å². The fourth-order valence-corrected chi connectivity index (χ4v) is 4.80. The molecule has 0 fully saturated rings. The molecule has 1 aromatic rings. The van der Waals surface area contributed by atoms with E-state index in [1.165, 1.54) is 40.4 Å². The molecule has 1 aliphatic carbocycles. The van der Waals surface area contributed by atoms with Crippen LogP contribution in [0.1, 0.15) is 17.5 Å². The van der Waals surface area contributed by atoms with Crippen LogP contribution in [0, 0.1) is 0 Å². The Hall–Kier alpha value is -0.540. The van der Waals surface area contributed by atoms with Gasteiger partial charge in [-0.25, -0.2) is 0 Å². The summed E-state index contributed by atoms with van der Waals surface area (Å²) >= 11 is 4.05. The van der Waals surface area contributed by atoms with Gasteiger partial charge in [-0.1, -0.05) is 6.07 Å². The fourth-order valence-electron chi connectivity index (χ4n) is 2.23. The number of hydrogen-bond acceptors (Lipinski definition) is 3. The van der Waals surface area contributed by atoms with Crippen LogP contribution in [0.25, 0.3) is 4.91 Å². The molecule has 0 atom stereocenters. The average Bonchev–Trinajstić information content (AvgIpc) is 2.38. The summed E-state index contributed by atoms with van der Waals surface area (Å²) in [6.45, 7) is 0. The summed E-state index contributed by atoms with van der Waals surface area (Å²) in [5.74, 6) is 3.48. The molecule has 3 rings (SSSR count). The Bertz CT molecular complexity index is 451. The third-order valence-electron chi connectivity index (χ3n) is 3.04. The van der Waals surface area contributed by atoms with Crippen molar-refractivity contribution < 1.29 is 4.74 Å². The van der Waals surface area contributed by atoms with E-state index in [1.54, 1.807) is 12.0 Å². The molecule has 0 saturated heterocycles. The molecule has 0 bridgehead atoms. The summed E-state index contributed by atoms with van der Waals surface area (Å²) in [6.07, 6.45) is 2.41. The summed E-state index contributed by atoms with van der Waals surface area (Å²) in [5, 5.41) is 0. The lowest BCUT2D eigenvalue weighted by Crippen LogP contribution is -2.06. The highest BCUT2D eigenvalue weighted by Gasteiger charge is 2.22. The molecule has 0 aromatic heterocycles. The Morgan fingerprint density at radius 1 is 1.12 bits per heavy atom. The summed E-state index contributed by atoms with van der Waals surface area (Å²) in [5.41, 5.74) is 2.90. The van der Waals surface area contributed by atoms with Gasteiger partial charge in [0.1, 0.15) is 5.75 Å². The van der Waals surface area contributed by atoms with Crippen LogP contribution in [0.3, 0.4) is 0 Å². The van der Waals surface area contributed by atoms with E-state index < -0.39 is 0 Å². The van der Waals surface area contributed by atoms with E-state index >= 15 is 0 Å². The SMILES string of the molecule is COc1ccc2c(c1)C1=C(CC2)SCCS1. The van der Waals surface area contributed by atoms with Crippen molar-refractivity contribution in [3.8, 4) is 5.75 Å². The lowest BCUT2D eigenvalue weighted by atomic mass is 9.97. The molecule has 0 saturated carbocycles. The molecule has 2 aliphatic rings. The summed E-state index contributed by atoms with van der Waals surface area (Å²) in [4.78, 5) is 3.11. The fraction of sp³-hybridized carbons (Fsp3) is 0.385. The molecule has 3 heteroatoms. The third kappa shape index (κ3) is 1.76. The zero-order valence-electron chi connectivity index (χ0n) is 9.29. The second-order valence-electron chi connectivity index (χ2n) is 3.97. The van der Waals surface area contributed by atoms with Gasteiger partial charge in [-0.2, -0.15) is 0 Å². The van der Waals surface area contributed by atoms with Gasteiger partial charge in [-0.15, -0.1) is 23.5 Å². The average molecular weight is 250 g/mol. The molecule has 1 nitrogen and oxygen atoms in total. The molecule has 1 aromatic carbocycles. The Labute approximate surface area is 105 Å². The maximum Gasteiger partial charge on any atom is 0.119 e. The molecule has 16 heavy (non-hydrogen) atoms. The number of ether oxygens (including phenoxy) is 1. The minimum atomic E-state index is 0.976. The number of fused-ring (bicyclic) bond motifs is 2. The van der Waals surface area contributed by atoms with Crippen molar-refractivity contribution in [2.75, 3.05) is 18.6 Å². The summed E-state index contributed by atoms with van der Waals surface area (Å²) in [7, 11) is 1.74. The normalized spacial score (nSPS) is 19.1. The summed E-state index contributed by atoms with van der Waals surface area (Å²) < 4.78 is 5.32. The standard InChI is InChI=1S/C13H14OS2/c1-14-10-4-2-9-3-5-12-13(11(9)8-10)16-7-6-15-12/h2,4,8H,3,5-7H2,1H3. The van der Waals surface area contributed by atoms with Crippen molar-refractivity contribution in [2.24, 2.45) is 0 Å². The van der Waals surface area contributed by atoms with E-state index in [9.17, 15) is 0 Å². The second kappa shape index (κ2) is 4.38. The molecule has 0 amide bonds. The van der Waals surface area contributed by atoms with Crippen molar-refractivity contribution >= 4 is 28.4 Å². The van der Waals surface area contributed by atoms with Crippen LogP contribution in [0.2, 0.25) is 0 Å². The van der Waals surface area contributed by atoms with Crippen LogP contribution in [0.15, 0.2) is 23.1 Å². The van der Waals surface area contributed by atoms with Crippen molar-refractivity contribution in [1.29, 1.82) is 0 Å². The predicted molar refractivity (Wildman–Crippen MR) is 73.2 cm³/mol. The zero-order chi connectivity index (χ0) is 11.0. The number of aryl methyl sites for hydroxylation is 1. The highest BCUT2D eigenvalue weighted by atomic mass is 32.2. The first kappa shape index (κ1) is 10.6. The first-order valence-corrected chi connectivity index (χ1v) is 7.51. The predicted octanol–water partition coefficient (Wildman–Crippen LogP) is 3.79. The highest BCUT2D eigenvalue weighted by Crippen LogP contribution is 2.47. The van der Waals surface area contributed by atoms with Crippen molar-refractivity contribution in [3.63, 3.8) is 0 Å². The van der Waals surface area contributed by atoms with Crippen molar-refractivity contribution in [3.05, 3.63) is 34.2 Å². The Morgan fingerprint density at radius 2 is 2.00 bits per heavy atom. The number of rotatable bonds is 1. The van der Waals surface area contributed by atoms with Gasteiger partial charge < -0.3 is 4.74 Å². The number of benzene rings is 1. The molecule has 84 valence electrons. The Kier molecular flexibility index (Phi) is 2.90. The van der Waals surface area contributed by atoms with Gasteiger partial charge in [0.2, 0.25) is 0 Å². The molecular weight excluding hydrogens is 236 g/mol. The van der Waals surface area contributed by atoms with Gasteiger partial charge in [-0.05, 0) is 41.0 Å². The quantitative estimate of drug-likeness (QED) is 0.750. The lowest BCUT2D eigenvalue weighted by Gasteiger charge is -2.26. The largest absolute Gasteiger partial charge is 0.497 e. The van der Waals surface area contributed by atoms with E-state index in [2.05, 4.69) is 18.2 Å². The van der Waals surface area contributed by atoms with Crippen LogP contribution in [0.4, 0.5) is 0 Å². The number of allylic oxidation sites excluding steroid dienone is 1. The minimum absolute atomic E-state index is 0.976. The van der Waals surface area contributed by atoms with E-state index in [-0.39, 0.29) is 0 Å². The monoisotopic (exact) mass is 250 g/mol. The second-order valence-corrected chi connectivity index (χ2v) is 6.27. The van der Waals surface area contributed by atoms with Gasteiger partial charge in [0.25, 0.3) is 0 Å². The highest BCUT2D eigenvalue weighted by molar-refractivity contribution is 8.13. The van der Waals surface area contributed by atoms with E-state index in [4.69, 9.17) is 4.74 Å². The van der Waals surface area contributed by atoms with Crippen LogP contribution < -0.4 is 4.74 Å². The molecule has 0 spiro atoms. The lowest BCUT2D eigenvalue weighted by molar-refractivity contribution is 0.414. The Balaban J connectivity index is 2.10. The van der Waals surface area contributed by atoms with E-state index in [1.807, 2.05) is 23.5 Å². The van der Waals surface area contributed by atoms with Crippen molar-refractivity contribution in [2.45, 2.75) is 12.8 Å². The maximum absolute atomic E-state index is 5.32. The van der Waals surface area contributed by atoms with Crippen LogP contribution >= 0.6 is 23.5 Å². The smallest absolute Gasteiger partial charge is 0.119 e. The van der Waals surface area contributed by atoms with Crippen LogP contribution in [-0.4, -0.2) is 18.6 Å². The molecule has 0 N–H and O–H groups in total. The van der Waals surface area contributed by atoms with Crippen LogP contribution in [0.5, 0.6) is 5.75 Å². The van der Waals surface area contributed by atoms with Crippen molar-refractivity contribution in [1.82, 2.24) is 0 Å². The molecule has 0 unspecified atom stereocenters. The Morgan fingerprint density at radius 3 is 2.88 bits per heavy atom. The van der Waals surface area contributed by atoms with Crippen LogP contribution in [-0.2, 0) is 6.42 Å². The number of methoxy groups -OCH3 is 1. The van der Waals surface area contributed by atoms with Gasteiger partial charge in [0, 0.05) is 16.4 Å². The molecule has 0 radical (unpaired) electrons. The third-order valence-corrected chi connectivity index (χ3v) is 5.76. The first-order valence-electron chi connectivity index (χ1n) is 5.54. The molecule has 1 aliphatic heterocycles. The topological polar surface area (TPSA) is 9.23 Å². The maximum atomic E-state index is 5.32. The number of hydrogen-bond donors (Lipinski definition) is 0. The van der Waals surface area contributed by atoms with Gasteiger partial charge in [0.15, 0.2) is 0 Å². The van der Waals surface area contributed by atoms with Gasteiger partial charge >= 0.3 is 0 Å².